The van der Waals surface area contributed by atoms with Crippen molar-refractivity contribution in [1.29, 1.82) is 0 Å². The van der Waals surface area contributed by atoms with Crippen molar-refractivity contribution in [1.82, 2.24) is 24.8 Å². The molecule has 0 spiro atoms. The molecule has 3 N–H and O–H groups in total. The number of hydrogen-bond donors (Lipinski definition) is 2. The Morgan fingerprint density at radius 1 is 1.25 bits per heavy atom. The van der Waals surface area contributed by atoms with Crippen LogP contribution >= 0.6 is 0 Å². The lowest BCUT2D eigenvalue weighted by molar-refractivity contribution is -0.133. The highest BCUT2D eigenvalue weighted by Gasteiger charge is 2.30. The minimum Gasteiger partial charge on any atom is -0.491 e. The number of amides is 1. The summed E-state index contributed by atoms with van der Waals surface area (Å²) in [5.74, 6) is 1.67. The Balaban J connectivity index is 1.15. The number of H-pyrrole nitrogens is 1. The molecule has 2 atom stereocenters. The van der Waals surface area contributed by atoms with Gasteiger partial charge >= 0.3 is 0 Å². The first-order valence-corrected chi connectivity index (χ1v) is 12.6. The number of aliphatic imine (C=N–C) groups is 1. The van der Waals surface area contributed by atoms with Crippen molar-refractivity contribution in [3.63, 3.8) is 0 Å². The van der Waals surface area contributed by atoms with Gasteiger partial charge in [0.15, 0.2) is 11.5 Å². The van der Waals surface area contributed by atoms with Gasteiger partial charge in [-0.05, 0) is 30.9 Å². The number of benzene rings is 1. The summed E-state index contributed by atoms with van der Waals surface area (Å²) in [6.45, 7) is 2.62. The molecule has 0 radical (unpaired) electrons. The number of imidazole rings is 1. The molecular formula is C26H30N8O2. The molecule has 3 aliphatic rings. The van der Waals surface area contributed by atoms with Crippen LogP contribution in [0.4, 0.5) is 5.82 Å². The predicted octanol–water partition coefficient (Wildman–Crippen LogP) is 2.36. The maximum absolute atomic E-state index is 13.1. The van der Waals surface area contributed by atoms with Crippen LogP contribution in [0, 0.1) is 0 Å². The number of nitrogens with zero attached hydrogens (tertiary/aromatic N) is 6. The maximum atomic E-state index is 13.1. The molecule has 10 nitrogen and oxygen atoms in total. The average molecular weight is 487 g/mol. The molecule has 1 aromatic carbocycles. The van der Waals surface area contributed by atoms with Crippen LogP contribution in [0.2, 0.25) is 0 Å². The number of fused-ring (bicyclic) bond motifs is 2. The third-order valence-electron chi connectivity index (χ3n) is 7.29. The molecule has 5 heterocycles. The van der Waals surface area contributed by atoms with E-state index in [0.29, 0.717) is 31.8 Å². The van der Waals surface area contributed by atoms with Gasteiger partial charge in [0, 0.05) is 50.0 Å². The first-order chi connectivity index (χ1) is 17.7. The van der Waals surface area contributed by atoms with Crippen LogP contribution in [0.5, 0.6) is 5.75 Å². The van der Waals surface area contributed by atoms with Gasteiger partial charge < -0.3 is 25.3 Å². The van der Waals surface area contributed by atoms with Crippen LogP contribution in [0.15, 0.2) is 47.6 Å². The minimum atomic E-state index is -0.583. The van der Waals surface area contributed by atoms with E-state index in [1.165, 1.54) is 5.56 Å². The topological polar surface area (TPSA) is 126 Å². The van der Waals surface area contributed by atoms with Crippen molar-refractivity contribution in [2.75, 3.05) is 24.6 Å². The van der Waals surface area contributed by atoms with Gasteiger partial charge in [-0.15, -0.1) is 0 Å². The Morgan fingerprint density at radius 2 is 2.19 bits per heavy atom. The molecule has 1 fully saturated rings. The van der Waals surface area contributed by atoms with E-state index in [0.717, 1.165) is 60.6 Å². The first kappa shape index (κ1) is 22.7. The Bertz CT molecular complexity index is 1330. The molecule has 6 rings (SSSR count). The number of aromatic amines is 1. The number of hydrogen-bond acceptors (Lipinski definition) is 8. The van der Waals surface area contributed by atoms with E-state index in [1.54, 1.807) is 12.7 Å². The summed E-state index contributed by atoms with van der Waals surface area (Å²) in [5, 5.41) is 0. The second kappa shape index (κ2) is 9.69. The largest absolute Gasteiger partial charge is 0.491 e. The van der Waals surface area contributed by atoms with Gasteiger partial charge in [0.05, 0.1) is 18.4 Å². The maximum Gasteiger partial charge on any atom is 0.240 e. The summed E-state index contributed by atoms with van der Waals surface area (Å²) in [5.41, 5.74) is 11.0. The van der Waals surface area contributed by atoms with Crippen molar-refractivity contribution in [3.8, 4) is 5.75 Å². The summed E-state index contributed by atoms with van der Waals surface area (Å²) in [6.07, 6.45) is 11.3. The smallest absolute Gasteiger partial charge is 0.240 e. The summed E-state index contributed by atoms with van der Waals surface area (Å²) in [4.78, 5) is 37.8. The molecule has 0 unspecified atom stereocenters. The monoisotopic (exact) mass is 486 g/mol. The quantitative estimate of drug-likeness (QED) is 0.525. The van der Waals surface area contributed by atoms with Crippen LogP contribution in [0.25, 0.3) is 11.2 Å². The van der Waals surface area contributed by atoms with Gasteiger partial charge in [-0.1, -0.05) is 18.2 Å². The van der Waals surface area contributed by atoms with E-state index in [4.69, 9.17) is 10.5 Å². The fraction of sp³-hybridized carbons (Fsp3) is 0.423. The average Bonchev–Trinajstić information content (AvgIpc) is 3.68. The summed E-state index contributed by atoms with van der Waals surface area (Å²) < 4.78 is 6.42. The number of carbonyl (C=O) groups is 1. The predicted molar refractivity (Wildman–Crippen MR) is 137 cm³/mol. The van der Waals surface area contributed by atoms with Crippen LogP contribution in [-0.2, 0) is 17.8 Å². The lowest BCUT2D eigenvalue weighted by Crippen LogP contribution is -2.46. The molecule has 2 aromatic heterocycles. The number of carbonyl (C=O) groups excluding carboxylic acids is 1. The molecule has 10 heteroatoms. The zero-order valence-corrected chi connectivity index (χ0v) is 20.1. The van der Waals surface area contributed by atoms with E-state index in [9.17, 15) is 4.79 Å². The SMILES string of the molecule is N[C@@H](CC1=CCC=N1)C(=O)N1CCc2cccc(OC[C@H]3CCCN3c3ncnc4nc[nH]c34)c2C1. The fourth-order valence-electron chi connectivity index (χ4n) is 5.41. The number of allylic oxidation sites excluding steroid dienone is 1. The lowest BCUT2D eigenvalue weighted by Gasteiger charge is -2.32. The molecule has 3 aromatic rings. The fourth-order valence-corrected chi connectivity index (χ4v) is 5.41. The Kier molecular flexibility index (Phi) is 6.10. The van der Waals surface area contributed by atoms with E-state index >= 15 is 0 Å². The highest BCUT2D eigenvalue weighted by Crippen LogP contribution is 2.32. The Labute approximate surface area is 209 Å². The van der Waals surface area contributed by atoms with E-state index in [-0.39, 0.29) is 11.9 Å². The molecule has 0 aliphatic carbocycles. The van der Waals surface area contributed by atoms with Gasteiger partial charge in [0.2, 0.25) is 5.91 Å². The third-order valence-corrected chi connectivity index (χ3v) is 7.29. The molecule has 36 heavy (non-hydrogen) atoms. The van der Waals surface area contributed by atoms with Crippen molar-refractivity contribution in [2.45, 2.75) is 50.7 Å². The summed E-state index contributed by atoms with van der Waals surface area (Å²) in [7, 11) is 0. The Hall–Kier alpha value is -3.79. The second-order valence-corrected chi connectivity index (χ2v) is 9.56. The highest BCUT2D eigenvalue weighted by molar-refractivity contribution is 5.83. The van der Waals surface area contributed by atoms with Gasteiger partial charge in [-0.3, -0.25) is 9.79 Å². The number of nitrogens with two attached hydrogens (primary N) is 1. The number of ether oxygens (including phenoxy) is 1. The third kappa shape index (κ3) is 4.32. The second-order valence-electron chi connectivity index (χ2n) is 9.56. The van der Waals surface area contributed by atoms with Crippen molar-refractivity contribution in [3.05, 3.63) is 53.8 Å². The van der Waals surface area contributed by atoms with Crippen molar-refractivity contribution < 1.29 is 9.53 Å². The normalized spacial score (nSPS) is 20.0. The van der Waals surface area contributed by atoms with Crippen LogP contribution in [0.3, 0.4) is 0 Å². The number of aromatic nitrogens is 4. The molecule has 3 aliphatic heterocycles. The Morgan fingerprint density at radius 3 is 3.08 bits per heavy atom. The molecule has 0 saturated carbocycles. The van der Waals surface area contributed by atoms with Crippen LogP contribution < -0.4 is 15.4 Å². The summed E-state index contributed by atoms with van der Waals surface area (Å²) >= 11 is 0. The number of nitrogens with one attached hydrogen (secondary N) is 1. The molecule has 0 bridgehead atoms. The van der Waals surface area contributed by atoms with Crippen molar-refractivity contribution >= 4 is 29.1 Å². The zero-order chi connectivity index (χ0) is 24.5. The molecule has 1 saturated heterocycles. The van der Waals surface area contributed by atoms with Crippen LogP contribution in [-0.4, -0.2) is 68.7 Å². The van der Waals surface area contributed by atoms with Gasteiger partial charge in [-0.2, -0.15) is 0 Å². The van der Waals surface area contributed by atoms with E-state index < -0.39 is 6.04 Å². The standard InChI is InChI=1S/C26H30N8O2/c27-21(12-18-5-2-9-28-18)26(35)33-11-8-17-4-1-7-22(20(17)13-33)36-14-19-6-3-10-34(19)25-23-24(30-15-29-23)31-16-32-25/h1,4-5,7,9,15-16,19,21H,2-3,6,8,10-14,27H2,(H,29,30,31,32)/t19-,21+/m1/s1. The first-order valence-electron chi connectivity index (χ1n) is 12.6. The van der Waals surface area contributed by atoms with Gasteiger partial charge in [0.1, 0.15) is 24.2 Å². The molecule has 1 amide bonds. The van der Waals surface area contributed by atoms with Crippen LogP contribution in [0.1, 0.15) is 36.8 Å². The van der Waals surface area contributed by atoms with Gasteiger partial charge in [0.25, 0.3) is 0 Å². The molecular weight excluding hydrogens is 456 g/mol. The minimum absolute atomic E-state index is 0.0345. The van der Waals surface area contributed by atoms with E-state index in [1.807, 2.05) is 29.3 Å². The van der Waals surface area contributed by atoms with Gasteiger partial charge in [-0.25, -0.2) is 15.0 Å². The van der Waals surface area contributed by atoms with Crippen molar-refractivity contribution in [2.24, 2.45) is 10.7 Å². The summed E-state index contributed by atoms with van der Waals surface area (Å²) in [6, 6.07) is 5.77. The number of rotatable bonds is 7. The van der Waals surface area contributed by atoms with E-state index in [2.05, 4.69) is 35.9 Å². The number of anilines is 1. The lowest BCUT2D eigenvalue weighted by atomic mass is 9.97. The molecule has 186 valence electrons. The highest BCUT2D eigenvalue weighted by atomic mass is 16.5. The zero-order valence-electron chi connectivity index (χ0n) is 20.1.